The van der Waals surface area contributed by atoms with Crippen LogP contribution in [-0.4, -0.2) is 86.0 Å². The number of ether oxygens (including phenoxy) is 3. The summed E-state index contributed by atoms with van der Waals surface area (Å²) in [5, 5.41) is 11.1. The molecule has 1 N–H and O–H groups in total. The molecule has 3 aromatic rings. The minimum absolute atomic E-state index is 0. The highest BCUT2D eigenvalue weighted by Gasteiger charge is 2.50. The zero-order valence-electron chi connectivity index (χ0n) is 25.5. The van der Waals surface area contributed by atoms with E-state index in [9.17, 15) is 24.3 Å². The molecular weight excluding hydrogens is 731 g/mol. The molecule has 1 aromatic heterocycles. The van der Waals surface area contributed by atoms with Gasteiger partial charge in [0.2, 0.25) is 5.75 Å². The predicted molar refractivity (Wildman–Crippen MR) is 178 cm³/mol. The van der Waals surface area contributed by atoms with Crippen molar-refractivity contribution < 1.29 is 38.5 Å². The summed E-state index contributed by atoms with van der Waals surface area (Å²) in [4.78, 5) is 61.4. The van der Waals surface area contributed by atoms with Crippen LogP contribution >= 0.6 is 31.9 Å². The van der Waals surface area contributed by atoms with Crippen LogP contribution in [0.1, 0.15) is 41.0 Å². The fourth-order valence-corrected chi connectivity index (χ4v) is 5.47. The lowest BCUT2D eigenvalue weighted by Crippen LogP contribution is -2.42. The number of nitrogens with zero attached hydrogens (tertiary/aromatic N) is 4. The van der Waals surface area contributed by atoms with Crippen molar-refractivity contribution in [2.75, 3.05) is 28.4 Å². The summed E-state index contributed by atoms with van der Waals surface area (Å²) in [5.41, 5.74) is 0.477. The van der Waals surface area contributed by atoms with E-state index in [4.69, 9.17) is 9.57 Å². The number of rotatable bonds is 6. The van der Waals surface area contributed by atoms with E-state index in [2.05, 4.69) is 51.3 Å². The van der Waals surface area contributed by atoms with Crippen molar-refractivity contribution in [1.82, 2.24) is 14.6 Å². The van der Waals surface area contributed by atoms with Crippen molar-refractivity contribution >= 4 is 64.0 Å². The van der Waals surface area contributed by atoms with E-state index in [1.807, 2.05) is 44.2 Å². The first-order chi connectivity index (χ1) is 20.7. The third-order valence-electron chi connectivity index (χ3n) is 6.24. The molecule has 0 saturated heterocycles. The Labute approximate surface area is 285 Å². The van der Waals surface area contributed by atoms with Gasteiger partial charge in [0.25, 0.3) is 11.3 Å². The highest BCUT2D eigenvalue weighted by atomic mass is 79.9. The number of aromatic hydroxyl groups is 1. The molecule has 1 aliphatic rings. The number of hydroxylamine groups is 2. The number of hydrogen-bond donors (Lipinski definition) is 1. The van der Waals surface area contributed by atoms with Gasteiger partial charge in [-0.05, 0) is 61.4 Å². The third-order valence-corrected chi connectivity index (χ3v) is 7.15. The standard InChI is InChI=1S/C15H17BrN2O5.C14H13BrN2O4.CH4.B/c1-9-5-10(7-11(16)6-9)13-17-15(14(20)22-4,23-18(13)2)8-12(19)21-3;1-7-4-8(6-9(15)5-7)12-16-10(14(20)21-3)11(18)13(19)17(12)2;;/h5-7H,8H2,1-4H3;4-6,18H,1-3H3;1H4;. The van der Waals surface area contributed by atoms with Crippen LogP contribution in [0.3, 0.4) is 0 Å². The third kappa shape index (κ3) is 8.82. The van der Waals surface area contributed by atoms with Gasteiger partial charge in [-0.25, -0.2) is 29.5 Å². The number of esters is 3. The molecule has 1 unspecified atom stereocenters. The topological polar surface area (TPSA) is 159 Å². The van der Waals surface area contributed by atoms with Crippen LogP contribution in [0.4, 0.5) is 0 Å². The second-order valence-electron chi connectivity index (χ2n) is 9.58. The number of aryl methyl sites for hydroxylation is 2. The summed E-state index contributed by atoms with van der Waals surface area (Å²) in [5.74, 6) is -2.29. The van der Waals surface area contributed by atoms with Crippen molar-refractivity contribution in [3.05, 3.63) is 78.1 Å². The Hall–Kier alpha value is -4.02. The van der Waals surface area contributed by atoms with E-state index in [1.54, 1.807) is 13.1 Å². The largest absolute Gasteiger partial charge is 0.501 e. The van der Waals surface area contributed by atoms with Gasteiger partial charge in [-0.3, -0.25) is 14.2 Å². The summed E-state index contributed by atoms with van der Waals surface area (Å²) in [6, 6.07) is 11.2. The molecule has 2 heterocycles. The lowest BCUT2D eigenvalue weighted by atomic mass is 10.1. The monoisotopic (exact) mass is 763 g/mol. The Kier molecular flexibility index (Phi) is 14.4. The molecule has 46 heavy (non-hydrogen) atoms. The first kappa shape index (κ1) is 40.0. The van der Waals surface area contributed by atoms with E-state index in [-0.39, 0.29) is 28.1 Å². The number of hydrogen-bond acceptors (Lipinski definition) is 12. The first-order valence-electron chi connectivity index (χ1n) is 12.8. The molecule has 0 spiro atoms. The van der Waals surface area contributed by atoms with Gasteiger partial charge in [0.1, 0.15) is 12.2 Å². The average molecular weight is 765 g/mol. The molecule has 1 atom stereocenters. The molecule has 16 heteroatoms. The van der Waals surface area contributed by atoms with Crippen molar-refractivity contribution in [3.63, 3.8) is 0 Å². The number of methoxy groups -OCH3 is 3. The molecule has 2 aromatic carbocycles. The SMILES string of the molecule is C.COC(=O)CC1(C(=O)OC)N=C(c2cc(C)cc(Br)c2)N(C)O1.COC(=O)c1nc(-c2cc(C)cc(Br)c2)n(C)c(=O)c1O.[B]. The van der Waals surface area contributed by atoms with Gasteiger partial charge < -0.3 is 19.3 Å². The second kappa shape index (κ2) is 16.5. The van der Waals surface area contributed by atoms with Gasteiger partial charge in [-0.1, -0.05) is 39.3 Å². The molecule has 3 radical (unpaired) electrons. The average Bonchev–Trinajstić information content (AvgIpc) is 3.31. The van der Waals surface area contributed by atoms with Crippen LogP contribution in [0.25, 0.3) is 11.4 Å². The van der Waals surface area contributed by atoms with Crippen molar-refractivity contribution in [3.8, 4) is 17.1 Å². The second-order valence-corrected chi connectivity index (χ2v) is 11.4. The first-order valence-corrected chi connectivity index (χ1v) is 14.4. The lowest BCUT2D eigenvalue weighted by Gasteiger charge is -2.22. The minimum Gasteiger partial charge on any atom is -0.501 e. The molecule has 0 amide bonds. The molecule has 0 bridgehead atoms. The Balaban J connectivity index is 0.000000442. The molecular formula is C30H34BBr2N4O9. The summed E-state index contributed by atoms with van der Waals surface area (Å²) in [7, 11) is 6.68. The number of amidine groups is 1. The summed E-state index contributed by atoms with van der Waals surface area (Å²) < 4.78 is 16.8. The normalized spacial score (nSPS) is 14.9. The number of carbonyl (C=O) groups is 3. The number of carbonyl (C=O) groups excluding carboxylic acids is 3. The summed E-state index contributed by atoms with van der Waals surface area (Å²) >= 11 is 6.80. The van der Waals surface area contributed by atoms with Gasteiger partial charge in [-0.15, -0.1) is 0 Å². The van der Waals surface area contributed by atoms with Crippen LogP contribution < -0.4 is 5.56 Å². The fourth-order valence-electron chi connectivity index (χ4n) is 4.25. The Morgan fingerprint density at radius 1 is 0.913 bits per heavy atom. The van der Waals surface area contributed by atoms with Gasteiger partial charge in [0.15, 0.2) is 11.5 Å². The van der Waals surface area contributed by atoms with Crippen LogP contribution in [-0.2, 0) is 35.7 Å². The van der Waals surface area contributed by atoms with Gasteiger partial charge in [0.05, 0.1) is 21.3 Å². The molecule has 4 rings (SSSR count). The number of aromatic nitrogens is 2. The molecule has 1 aliphatic heterocycles. The van der Waals surface area contributed by atoms with E-state index < -0.39 is 40.6 Å². The van der Waals surface area contributed by atoms with E-state index >= 15 is 0 Å². The van der Waals surface area contributed by atoms with Crippen molar-refractivity contribution in [2.45, 2.75) is 33.4 Å². The van der Waals surface area contributed by atoms with Crippen molar-refractivity contribution in [1.29, 1.82) is 0 Å². The van der Waals surface area contributed by atoms with Crippen LogP contribution in [0, 0.1) is 13.8 Å². The smallest absolute Gasteiger partial charge is 0.364 e. The Morgan fingerprint density at radius 3 is 1.96 bits per heavy atom. The fraction of sp³-hybridized carbons (Fsp3) is 0.333. The van der Waals surface area contributed by atoms with Crippen LogP contribution in [0.2, 0.25) is 0 Å². The minimum atomic E-state index is -1.78. The Morgan fingerprint density at radius 2 is 1.46 bits per heavy atom. The maximum atomic E-state index is 12.1. The molecule has 0 aliphatic carbocycles. The number of aliphatic imine (C=N–C) groups is 1. The molecule has 0 saturated carbocycles. The maximum absolute atomic E-state index is 12.1. The van der Waals surface area contributed by atoms with Crippen LogP contribution in [0.15, 0.2) is 55.1 Å². The highest BCUT2D eigenvalue weighted by molar-refractivity contribution is 9.10. The van der Waals surface area contributed by atoms with E-state index in [0.29, 0.717) is 11.4 Å². The van der Waals surface area contributed by atoms with E-state index in [0.717, 1.165) is 32.7 Å². The summed E-state index contributed by atoms with van der Waals surface area (Å²) in [6.07, 6.45) is -0.378. The zero-order chi connectivity index (χ0) is 32.9. The predicted octanol–water partition coefficient (Wildman–Crippen LogP) is 4.08. The zero-order valence-corrected chi connectivity index (χ0v) is 28.7. The summed E-state index contributed by atoms with van der Waals surface area (Å²) in [6.45, 7) is 3.83. The number of benzene rings is 2. The Bertz CT molecular complexity index is 1670. The lowest BCUT2D eigenvalue weighted by molar-refractivity contribution is -0.205. The van der Waals surface area contributed by atoms with Gasteiger partial charge in [-0.2, -0.15) is 0 Å². The van der Waals surface area contributed by atoms with Gasteiger partial charge in [0, 0.05) is 42.6 Å². The maximum Gasteiger partial charge on any atom is 0.364 e. The quantitative estimate of drug-likeness (QED) is 0.219. The highest BCUT2D eigenvalue weighted by Crippen LogP contribution is 2.31. The molecule has 13 nitrogen and oxygen atoms in total. The van der Waals surface area contributed by atoms with E-state index in [1.165, 1.54) is 30.9 Å². The number of halogens is 2. The van der Waals surface area contributed by atoms with Crippen molar-refractivity contribution in [2.24, 2.45) is 12.0 Å². The van der Waals surface area contributed by atoms with Crippen LogP contribution in [0.5, 0.6) is 5.75 Å². The van der Waals surface area contributed by atoms with Gasteiger partial charge >= 0.3 is 17.9 Å². The molecule has 245 valence electrons. The molecule has 0 fully saturated rings.